The van der Waals surface area contributed by atoms with Gasteiger partial charge in [-0.2, -0.15) is 17.0 Å². The van der Waals surface area contributed by atoms with Gasteiger partial charge in [-0.05, 0) is 5.75 Å². The van der Waals surface area contributed by atoms with Crippen molar-refractivity contribution >= 4 is 11.8 Å². The second kappa shape index (κ2) is 3.07. The van der Waals surface area contributed by atoms with Crippen molar-refractivity contribution < 1.29 is 4.39 Å². The summed E-state index contributed by atoms with van der Waals surface area (Å²) in [7, 11) is 0. The van der Waals surface area contributed by atoms with E-state index < -0.39 is 6.17 Å². The van der Waals surface area contributed by atoms with E-state index in [4.69, 9.17) is 5.26 Å². The van der Waals surface area contributed by atoms with Gasteiger partial charge >= 0.3 is 0 Å². The Morgan fingerprint density at radius 2 is 2.44 bits per heavy atom. The highest BCUT2D eigenvalue weighted by atomic mass is 32.2. The average Bonchev–Trinajstić information content (AvgIpc) is 2.18. The normalized spacial score (nSPS) is 34.2. The number of hydrogen-bond acceptors (Lipinski definition) is 2. The maximum absolute atomic E-state index is 12.6. The van der Waals surface area contributed by atoms with Crippen molar-refractivity contribution in [2.75, 3.05) is 11.5 Å². The number of nitrogens with zero attached hydrogens (tertiary/aromatic N) is 1. The molecule has 9 heavy (non-hydrogen) atoms. The molecule has 1 aliphatic heterocycles. The van der Waals surface area contributed by atoms with E-state index in [0.717, 1.165) is 5.75 Å². The summed E-state index contributed by atoms with van der Waals surface area (Å²) in [5.41, 5.74) is 0. The number of nitriles is 1. The largest absolute Gasteiger partial charge is 0.246 e. The Morgan fingerprint density at radius 1 is 1.67 bits per heavy atom. The molecule has 1 aliphatic rings. The highest BCUT2D eigenvalue weighted by Crippen LogP contribution is 2.28. The van der Waals surface area contributed by atoms with Gasteiger partial charge in [-0.3, -0.25) is 0 Å². The van der Waals surface area contributed by atoms with E-state index in [1.165, 1.54) is 0 Å². The Balaban J connectivity index is 2.33. The number of hydrogen-bond donors (Lipinski definition) is 0. The van der Waals surface area contributed by atoms with Crippen LogP contribution in [0.15, 0.2) is 0 Å². The van der Waals surface area contributed by atoms with Gasteiger partial charge in [0.15, 0.2) is 0 Å². The lowest BCUT2D eigenvalue weighted by Crippen LogP contribution is -2.11. The lowest BCUT2D eigenvalue weighted by atomic mass is 10.1. The monoisotopic (exact) mass is 145 g/mol. The van der Waals surface area contributed by atoms with Gasteiger partial charge in [0.2, 0.25) is 0 Å². The zero-order valence-corrected chi connectivity index (χ0v) is 5.83. The van der Waals surface area contributed by atoms with Crippen molar-refractivity contribution in [2.45, 2.75) is 12.6 Å². The molecule has 1 fully saturated rings. The van der Waals surface area contributed by atoms with E-state index in [1.807, 2.05) is 6.07 Å². The minimum atomic E-state index is -0.727. The van der Waals surface area contributed by atoms with Gasteiger partial charge in [0, 0.05) is 18.1 Å². The van der Waals surface area contributed by atoms with Gasteiger partial charge in [-0.15, -0.1) is 0 Å². The third-order valence-electron chi connectivity index (χ3n) is 1.47. The molecule has 0 aromatic rings. The molecule has 1 nitrogen and oxygen atoms in total. The maximum Gasteiger partial charge on any atom is 0.114 e. The van der Waals surface area contributed by atoms with Gasteiger partial charge in [-0.1, -0.05) is 0 Å². The molecule has 2 atom stereocenters. The smallest absolute Gasteiger partial charge is 0.114 e. The summed E-state index contributed by atoms with van der Waals surface area (Å²) in [5, 5.41) is 8.22. The van der Waals surface area contributed by atoms with Crippen LogP contribution in [0, 0.1) is 17.2 Å². The van der Waals surface area contributed by atoms with Crippen molar-refractivity contribution in [1.82, 2.24) is 0 Å². The summed E-state index contributed by atoms with van der Waals surface area (Å²) < 4.78 is 12.6. The van der Waals surface area contributed by atoms with Crippen LogP contribution in [0.1, 0.15) is 6.42 Å². The quantitative estimate of drug-likeness (QED) is 0.559. The van der Waals surface area contributed by atoms with Crippen LogP contribution in [0.2, 0.25) is 0 Å². The van der Waals surface area contributed by atoms with Crippen LogP contribution in [0.3, 0.4) is 0 Å². The van der Waals surface area contributed by atoms with Crippen molar-refractivity contribution in [2.24, 2.45) is 5.92 Å². The van der Waals surface area contributed by atoms with E-state index >= 15 is 0 Å². The van der Waals surface area contributed by atoms with Crippen LogP contribution in [0.5, 0.6) is 0 Å². The fraction of sp³-hybridized carbons (Fsp3) is 0.833. The zero-order chi connectivity index (χ0) is 6.69. The summed E-state index contributed by atoms with van der Waals surface area (Å²) >= 11 is 1.60. The SMILES string of the molecule is N#CC[C@@H]1CSC[C@H]1F. The molecule has 0 saturated carbocycles. The third-order valence-corrected chi connectivity index (χ3v) is 2.69. The van der Waals surface area contributed by atoms with E-state index in [2.05, 4.69) is 0 Å². The van der Waals surface area contributed by atoms with Crippen molar-refractivity contribution in [3.05, 3.63) is 0 Å². The van der Waals surface area contributed by atoms with Gasteiger partial charge in [0.25, 0.3) is 0 Å². The summed E-state index contributed by atoms with van der Waals surface area (Å²) in [6.07, 6.45) is -0.344. The summed E-state index contributed by atoms with van der Waals surface area (Å²) in [6, 6.07) is 1.99. The first-order chi connectivity index (χ1) is 4.34. The van der Waals surface area contributed by atoms with Gasteiger partial charge in [0.05, 0.1) is 6.07 Å². The molecule has 3 heteroatoms. The highest BCUT2D eigenvalue weighted by Gasteiger charge is 2.26. The van der Waals surface area contributed by atoms with Gasteiger partial charge in [0.1, 0.15) is 6.17 Å². The molecule has 0 spiro atoms. The zero-order valence-electron chi connectivity index (χ0n) is 5.01. The molecule has 50 valence electrons. The molecule has 0 N–H and O–H groups in total. The maximum atomic E-state index is 12.6. The molecule has 0 unspecified atom stereocenters. The first-order valence-corrected chi connectivity index (χ1v) is 4.09. The topological polar surface area (TPSA) is 23.8 Å². The van der Waals surface area contributed by atoms with Crippen LogP contribution in [0.4, 0.5) is 4.39 Å². The molecular formula is C6H8FNS. The van der Waals surface area contributed by atoms with Gasteiger partial charge in [-0.25, -0.2) is 4.39 Å². The summed E-state index contributed by atoms with van der Waals surface area (Å²) in [4.78, 5) is 0. The van der Waals surface area contributed by atoms with E-state index in [-0.39, 0.29) is 5.92 Å². The molecular weight excluding hydrogens is 137 g/mol. The van der Waals surface area contributed by atoms with Crippen molar-refractivity contribution in [3.8, 4) is 6.07 Å². The third kappa shape index (κ3) is 1.59. The number of halogens is 1. The first-order valence-electron chi connectivity index (χ1n) is 2.93. The standard InChI is InChI=1S/C6H8FNS/c7-6-4-9-3-5(6)1-2-8/h5-6H,1,3-4H2/t5-,6-/m1/s1. The fourth-order valence-corrected chi connectivity index (χ4v) is 2.14. The van der Waals surface area contributed by atoms with Crippen LogP contribution >= 0.6 is 11.8 Å². The predicted octanol–water partition coefficient (Wildman–Crippen LogP) is 1.60. The van der Waals surface area contributed by atoms with Crippen LogP contribution in [-0.2, 0) is 0 Å². The lowest BCUT2D eigenvalue weighted by molar-refractivity contribution is 0.288. The van der Waals surface area contributed by atoms with E-state index in [0.29, 0.717) is 12.2 Å². The van der Waals surface area contributed by atoms with Crippen LogP contribution < -0.4 is 0 Å². The predicted molar refractivity (Wildman–Crippen MR) is 35.9 cm³/mol. The highest BCUT2D eigenvalue weighted by molar-refractivity contribution is 7.99. The number of thioether (sulfide) groups is 1. The molecule has 0 aliphatic carbocycles. The minimum Gasteiger partial charge on any atom is -0.246 e. The fourth-order valence-electron chi connectivity index (χ4n) is 0.877. The first kappa shape index (κ1) is 6.88. The Morgan fingerprint density at radius 3 is 2.89 bits per heavy atom. The molecule has 0 aromatic carbocycles. The second-order valence-corrected chi connectivity index (χ2v) is 3.25. The Kier molecular flexibility index (Phi) is 2.35. The van der Waals surface area contributed by atoms with Crippen LogP contribution in [0.25, 0.3) is 0 Å². The molecule has 0 aromatic heterocycles. The molecule has 0 bridgehead atoms. The van der Waals surface area contributed by atoms with E-state index in [9.17, 15) is 4.39 Å². The second-order valence-electron chi connectivity index (χ2n) is 2.18. The minimum absolute atomic E-state index is 0.0139. The lowest BCUT2D eigenvalue weighted by Gasteiger charge is -2.03. The summed E-state index contributed by atoms with van der Waals surface area (Å²) in [5.74, 6) is 1.43. The Hall–Kier alpha value is -0.230. The molecule has 0 radical (unpaired) electrons. The Labute approximate surface area is 58.2 Å². The van der Waals surface area contributed by atoms with Crippen LogP contribution in [-0.4, -0.2) is 17.7 Å². The molecule has 0 amide bonds. The molecule has 1 saturated heterocycles. The van der Waals surface area contributed by atoms with Crippen molar-refractivity contribution in [1.29, 1.82) is 5.26 Å². The number of alkyl halides is 1. The summed E-state index contributed by atoms with van der Waals surface area (Å²) in [6.45, 7) is 0. The average molecular weight is 145 g/mol. The molecule has 1 rings (SSSR count). The van der Waals surface area contributed by atoms with E-state index in [1.54, 1.807) is 11.8 Å². The molecule has 1 heterocycles. The number of rotatable bonds is 1. The van der Waals surface area contributed by atoms with Crippen molar-refractivity contribution in [3.63, 3.8) is 0 Å². The Bertz CT molecular complexity index is 132. The van der Waals surface area contributed by atoms with Gasteiger partial charge < -0.3 is 0 Å².